The summed E-state index contributed by atoms with van der Waals surface area (Å²) in [7, 11) is 1.90. The molecule has 4 heterocycles. The van der Waals surface area contributed by atoms with E-state index in [4.69, 9.17) is 9.26 Å². The maximum atomic E-state index is 13.0. The van der Waals surface area contributed by atoms with E-state index in [1.165, 1.54) is 25.9 Å². The predicted octanol–water partition coefficient (Wildman–Crippen LogP) is 1.53. The van der Waals surface area contributed by atoms with Gasteiger partial charge in [0.15, 0.2) is 5.69 Å². The predicted molar refractivity (Wildman–Crippen MR) is 103 cm³/mol. The minimum Gasteiger partial charge on any atom is -0.379 e. The molecule has 2 aliphatic heterocycles. The number of carbonyl (C=O) groups excluding carboxylic acids is 1. The summed E-state index contributed by atoms with van der Waals surface area (Å²) in [6, 6.07) is 1.80. The van der Waals surface area contributed by atoms with Gasteiger partial charge in [0.05, 0.1) is 25.5 Å². The van der Waals surface area contributed by atoms with Crippen LogP contribution in [0.15, 0.2) is 10.6 Å². The Morgan fingerprint density at radius 2 is 2.14 bits per heavy atom. The fraction of sp³-hybridized carbons (Fsp3) is 0.700. The van der Waals surface area contributed by atoms with E-state index in [1.807, 2.05) is 11.7 Å². The Morgan fingerprint density at radius 3 is 2.93 bits per heavy atom. The largest absolute Gasteiger partial charge is 0.379 e. The number of ether oxygens (including phenoxy) is 1. The molecule has 156 valence electrons. The van der Waals surface area contributed by atoms with Crippen molar-refractivity contribution in [1.82, 2.24) is 30.0 Å². The van der Waals surface area contributed by atoms with Gasteiger partial charge in [-0.1, -0.05) is 10.4 Å². The van der Waals surface area contributed by atoms with Gasteiger partial charge in [0.25, 0.3) is 5.91 Å². The molecule has 29 heavy (non-hydrogen) atoms. The standard InChI is InChI=1S/C20H28N6O3/c1-24-19-15(13-28-9-8-25-6-2-3-7-25)11-26(12-17(19)21-23-24)20(27)16-10-18(29-22-16)14-4-5-14/h10,14-15H,2-9,11-13H2,1H3/t15-/m1/s1. The van der Waals surface area contributed by atoms with Crippen molar-refractivity contribution in [3.63, 3.8) is 0 Å². The molecule has 1 amide bonds. The number of aromatic nitrogens is 4. The van der Waals surface area contributed by atoms with Crippen molar-refractivity contribution in [2.75, 3.05) is 39.4 Å². The highest BCUT2D eigenvalue weighted by molar-refractivity contribution is 5.92. The van der Waals surface area contributed by atoms with Crippen LogP contribution >= 0.6 is 0 Å². The highest BCUT2D eigenvalue weighted by Gasteiger charge is 2.35. The summed E-state index contributed by atoms with van der Waals surface area (Å²) >= 11 is 0. The Kier molecular flexibility index (Phi) is 5.09. The van der Waals surface area contributed by atoms with Crippen LogP contribution in [0.5, 0.6) is 0 Å². The van der Waals surface area contributed by atoms with Crippen LogP contribution in [0.2, 0.25) is 0 Å². The Morgan fingerprint density at radius 1 is 1.31 bits per heavy atom. The summed E-state index contributed by atoms with van der Waals surface area (Å²) in [6.07, 6.45) is 4.81. The quantitative estimate of drug-likeness (QED) is 0.651. The van der Waals surface area contributed by atoms with Crippen molar-refractivity contribution in [1.29, 1.82) is 0 Å². The molecule has 3 aliphatic rings. The molecule has 2 fully saturated rings. The van der Waals surface area contributed by atoms with E-state index < -0.39 is 0 Å². The van der Waals surface area contributed by atoms with E-state index in [2.05, 4.69) is 20.4 Å². The number of fused-ring (bicyclic) bond motifs is 1. The number of rotatable bonds is 7. The van der Waals surface area contributed by atoms with Crippen LogP contribution in [0, 0.1) is 0 Å². The molecule has 0 N–H and O–H groups in total. The van der Waals surface area contributed by atoms with Gasteiger partial charge in [-0.2, -0.15) is 0 Å². The second-order valence-corrected chi connectivity index (χ2v) is 8.44. The first-order valence-corrected chi connectivity index (χ1v) is 10.6. The molecule has 1 aliphatic carbocycles. The lowest BCUT2D eigenvalue weighted by molar-refractivity contribution is 0.0596. The molecule has 1 saturated heterocycles. The summed E-state index contributed by atoms with van der Waals surface area (Å²) in [5.41, 5.74) is 2.29. The minimum atomic E-state index is -0.112. The molecular weight excluding hydrogens is 372 g/mol. The zero-order valence-corrected chi connectivity index (χ0v) is 16.9. The fourth-order valence-electron chi connectivity index (χ4n) is 4.44. The first kappa shape index (κ1) is 18.7. The molecule has 0 aromatic carbocycles. The van der Waals surface area contributed by atoms with Crippen LogP contribution in [0.1, 0.15) is 65.2 Å². The molecule has 0 radical (unpaired) electrons. The Balaban J connectivity index is 1.24. The summed E-state index contributed by atoms with van der Waals surface area (Å²) in [6.45, 7) is 5.59. The minimum absolute atomic E-state index is 0.0519. The van der Waals surface area contributed by atoms with Gasteiger partial charge in [0.2, 0.25) is 0 Å². The lowest BCUT2D eigenvalue weighted by Gasteiger charge is -2.31. The number of nitrogens with zero attached hydrogens (tertiary/aromatic N) is 6. The lowest BCUT2D eigenvalue weighted by atomic mass is 9.98. The molecule has 2 aromatic rings. The summed E-state index contributed by atoms with van der Waals surface area (Å²) in [5, 5.41) is 12.5. The molecule has 9 heteroatoms. The summed E-state index contributed by atoms with van der Waals surface area (Å²) < 4.78 is 13.2. The van der Waals surface area contributed by atoms with Crippen LogP contribution in [-0.4, -0.2) is 75.3 Å². The second kappa shape index (κ2) is 7.87. The molecule has 1 atom stereocenters. The Hall–Kier alpha value is -2.26. The van der Waals surface area contributed by atoms with Crippen LogP contribution in [0.3, 0.4) is 0 Å². The van der Waals surface area contributed by atoms with Gasteiger partial charge in [0.1, 0.15) is 11.5 Å². The molecule has 1 saturated carbocycles. The average molecular weight is 400 g/mol. The van der Waals surface area contributed by atoms with Gasteiger partial charge in [0, 0.05) is 38.0 Å². The van der Waals surface area contributed by atoms with Crippen LogP contribution in [0.4, 0.5) is 0 Å². The maximum absolute atomic E-state index is 13.0. The van der Waals surface area contributed by atoms with Gasteiger partial charge in [-0.05, 0) is 38.8 Å². The molecule has 0 spiro atoms. The number of carbonyl (C=O) groups is 1. The molecular formula is C20H28N6O3. The molecule has 2 aromatic heterocycles. The van der Waals surface area contributed by atoms with E-state index in [0.717, 1.165) is 36.5 Å². The van der Waals surface area contributed by atoms with Crippen molar-refractivity contribution in [3.05, 3.63) is 28.9 Å². The third-order valence-electron chi connectivity index (χ3n) is 6.20. The molecule has 9 nitrogen and oxygen atoms in total. The first-order chi connectivity index (χ1) is 14.2. The zero-order valence-electron chi connectivity index (χ0n) is 16.9. The van der Waals surface area contributed by atoms with Crippen molar-refractivity contribution >= 4 is 5.91 Å². The SMILES string of the molecule is Cn1nnc2c1[C@@H](COCCN1CCCC1)CN(C(=O)c1cc(C3CC3)on1)C2. The maximum Gasteiger partial charge on any atom is 0.276 e. The third-order valence-corrected chi connectivity index (χ3v) is 6.20. The van der Waals surface area contributed by atoms with Gasteiger partial charge >= 0.3 is 0 Å². The van der Waals surface area contributed by atoms with E-state index in [0.29, 0.717) is 37.9 Å². The molecule has 5 rings (SSSR count). The molecule has 0 bridgehead atoms. The lowest BCUT2D eigenvalue weighted by Crippen LogP contribution is -2.40. The van der Waals surface area contributed by atoms with E-state index >= 15 is 0 Å². The normalized spacial score (nSPS) is 22.2. The first-order valence-electron chi connectivity index (χ1n) is 10.6. The van der Waals surface area contributed by atoms with Crippen molar-refractivity contribution < 1.29 is 14.1 Å². The zero-order chi connectivity index (χ0) is 19.8. The van der Waals surface area contributed by atoms with Gasteiger partial charge < -0.3 is 19.1 Å². The number of hydrogen-bond donors (Lipinski definition) is 0. The topological polar surface area (TPSA) is 89.5 Å². The number of aryl methyl sites for hydroxylation is 1. The van der Waals surface area contributed by atoms with Crippen molar-refractivity contribution in [2.24, 2.45) is 7.05 Å². The van der Waals surface area contributed by atoms with Crippen LogP contribution < -0.4 is 0 Å². The highest BCUT2D eigenvalue weighted by Crippen LogP contribution is 2.40. The van der Waals surface area contributed by atoms with Gasteiger partial charge in [-0.15, -0.1) is 5.10 Å². The van der Waals surface area contributed by atoms with E-state index in [9.17, 15) is 4.79 Å². The third kappa shape index (κ3) is 3.93. The second-order valence-electron chi connectivity index (χ2n) is 8.44. The van der Waals surface area contributed by atoms with E-state index in [-0.39, 0.29) is 11.8 Å². The Bertz CT molecular complexity index is 867. The van der Waals surface area contributed by atoms with E-state index in [1.54, 1.807) is 11.0 Å². The smallest absolute Gasteiger partial charge is 0.276 e. The Labute approximate surface area is 170 Å². The highest BCUT2D eigenvalue weighted by atomic mass is 16.5. The fourth-order valence-corrected chi connectivity index (χ4v) is 4.44. The van der Waals surface area contributed by atoms with Crippen LogP contribution in [-0.2, 0) is 18.3 Å². The van der Waals surface area contributed by atoms with Gasteiger partial charge in [-0.25, -0.2) is 0 Å². The number of likely N-dealkylation sites (tertiary alicyclic amines) is 1. The summed E-state index contributed by atoms with van der Waals surface area (Å²) in [5.74, 6) is 1.20. The van der Waals surface area contributed by atoms with Gasteiger partial charge in [-0.3, -0.25) is 9.48 Å². The molecule has 0 unspecified atom stereocenters. The van der Waals surface area contributed by atoms with Crippen LogP contribution in [0.25, 0.3) is 0 Å². The number of amides is 1. The summed E-state index contributed by atoms with van der Waals surface area (Å²) in [4.78, 5) is 17.3. The average Bonchev–Trinajstić information content (AvgIpc) is 3.11. The monoisotopic (exact) mass is 400 g/mol. The van der Waals surface area contributed by atoms with Crippen molar-refractivity contribution in [3.8, 4) is 0 Å². The van der Waals surface area contributed by atoms with Crippen molar-refractivity contribution in [2.45, 2.75) is 44.1 Å². The number of hydrogen-bond acceptors (Lipinski definition) is 7.